The standard InChI is InChI=1S/2C25H29.C4H10Si.2ClH.Zr/c2*1-25(2,3)22-13-11-20(12-14-22)23-10-6-9-21-16-19(17-24(21)23)15-18-7-4-5-8-18;1-3-4-5-2;;;/h2*6,9-14,16-18H,4-5,7-8,15H2,1-3H3;3-4H2,1-2H3;2*1H;/q2*-1;;;;+4/p-2. The molecular weight excluding hydrogens is 839 g/mol. The average molecular weight is 907 g/mol. The summed E-state index contributed by atoms with van der Waals surface area (Å²) in [6.07, 6.45) is 15.3. The van der Waals surface area contributed by atoms with E-state index in [0.29, 0.717) is 0 Å². The Kier molecular flexibility index (Phi) is 18.2. The summed E-state index contributed by atoms with van der Waals surface area (Å²) < 4.78 is 0. The van der Waals surface area contributed by atoms with Crippen molar-refractivity contribution in [1.29, 1.82) is 0 Å². The molecular formula is C54H68Cl2SiZr. The molecule has 2 fully saturated rings. The molecule has 0 aliphatic heterocycles. The number of hydrogen-bond acceptors (Lipinski definition) is 0. The van der Waals surface area contributed by atoms with E-state index < -0.39 is 20.8 Å². The summed E-state index contributed by atoms with van der Waals surface area (Å²) in [5.74, 6) is 1.82. The Labute approximate surface area is 374 Å². The van der Waals surface area contributed by atoms with Crippen LogP contribution in [-0.4, -0.2) is 9.52 Å². The molecule has 0 amide bonds. The molecule has 0 nitrogen and oxygen atoms in total. The van der Waals surface area contributed by atoms with E-state index in [1.807, 2.05) is 0 Å². The third-order valence-electron chi connectivity index (χ3n) is 12.2. The first kappa shape index (κ1) is 46.8. The van der Waals surface area contributed by atoms with Crippen LogP contribution in [0.25, 0.3) is 43.8 Å². The predicted octanol–water partition coefficient (Wildman–Crippen LogP) is 17.5. The molecule has 6 aromatic rings. The Morgan fingerprint density at radius 1 is 0.586 bits per heavy atom. The molecule has 0 bridgehead atoms. The quantitative estimate of drug-likeness (QED) is 0.105. The van der Waals surface area contributed by atoms with E-state index in [-0.39, 0.29) is 10.8 Å². The SMILES string of the molecule is CC(C)(C)c1ccc(-c2cccc3[cH-]c(CC4CCCC4)cc23)cc1.CC(C)(C)c1ccc(-c2cccc3[cH-]c(CC4CCCC4)cc23)cc1.CCC[Si]C.[Cl][Zr+2][Cl]. The number of hydrogen-bond donors (Lipinski definition) is 0. The van der Waals surface area contributed by atoms with Crippen molar-refractivity contribution in [2.45, 2.75) is 143 Å². The number of halogens is 2. The summed E-state index contributed by atoms with van der Waals surface area (Å²) in [7, 11) is 11.0. The molecule has 4 heteroatoms. The van der Waals surface area contributed by atoms with Crippen LogP contribution in [0.2, 0.25) is 12.6 Å². The van der Waals surface area contributed by atoms with Crippen LogP contribution in [0.4, 0.5) is 0 Å². The van der Waals surface area contributed by atoms with E-state index >= 15 is 0 Å². The van der Waals surface area contributed by atoms with Crippen LogP contribution in [-0.2, 0) is 44.5 Å². The Balaban J connectivity index is 0.000000187. The van der Waals surface area contributed by atoms with Gasteiger partial charge in [-0.3, -0.25) is 0 Å². The van der Waals surface area contributed by atoms with Gasteiger partial charge in [-0.25, -0.2) is 0 Å². The Hall–Kier alpha value is -2.22. The zero-order chi connectivity index (χ0) is 41.7. The van der Waals surface area contributed by atoms with Crippen molar-refractivity contribution < 1.29 is 20.8 Å². The van der Waals surface area contributed by atoms with E-state index in [2.05, 4.69) is 164 Å². The molecule has 2 radical (unpaired) electrons. The normalized spacial score (nSPS) is 14.7. The molecule has 0 saturated heterocycles. The minimum atomic E-state index is -0.826. The van der Waals surface area contributed by atoms with Gasteiger partial charge in [0.05, 0.1) is 0 Å². The van der Waals surface area contributed by atoms with Crippen molar-refractivity contribution >= 4 is 48.1 Å². The van der Waals surface area contributed by atoms with Crippen molar-refractivity contribution in [3.63, 3.8) is 0 Å². The van der Waals surface area contributed by atoms with Crippen LogP contribution >= 0.6 is 17.0 Å². The first-order valence-electron chi connectivity index (χ1n) is 22.0. The third-order valence-corrected chi connectivity index (χ3v) is 13.2. The Bertz CT molecular complexity index is 1940. The first-order valence-corrected chi connectivity index (χ1v) is 30.1. The fourth-order valence-corrected chi connectivity index (χ4v) is 9.48. The number of benzene rings is 4. The van der Waals surface area contributed by atoms with Crippen LogP contribution < -0.4 is 0 Å². The summed E-state index contributed by atoms with van der Waals surface area (Å²) in [5.41, 5.74) is 11.7. The van der Waals surface area contributed by atoms with Gasteiger partial charge in [-0.1, -0.05) is 191 Å². The molecule has 306 valence electrons. The van der Waals surface area contributed by atoms with E-state index in [9.17, 15) is 0 Å². The fraction of sp³-hybridized carbons (Fsp3) is 0.444. The molecule has 2 aliphatic carbocycles. The topological polar surface area (TPSA) is 0 Å². The molecule has 0 N–H and O–H groups in total. The van der Waals surface area contributed by atoms with E-state index in [1.165, 1.54) is 143 Å². The second-order valence-electron chi connectivity index (χ2n) is 18.9. The van der Waals surface area contributed by atoms with Gasteiger partial charge >= 0.3 is 37.9 Å². The zero-order valence-electron chi connectivity index (χ0n) is 36.8. The van der Waals surface area contributed by atoms with Crippen LogP contribution in [0.15, 0.2) is 109 Å². The first-order chi connectivity index (χ1) is 27.8. The Morgan fingerprint density at radius 3 is 1.24 bits per heavy atom. The number of fused-ring (bicyclic) bond motifs is 2. The van der Waals surface area contributed by atoms with Crippen LogP contribution in [0.3, 0.4) is 0 Å². The second-order valence-corrected chi connectivity index (χ2v) is 23.8. The molecule has 8 rings (SSSR count). The monoisotopic (exact) mass is 904 g/mol. The van der Waals surface area contributed by atoms with Gasteiger partial charge in [0.25, 0.3) is 0 Å². The maximum atomic E-state index is 4.93. The van der Waals surface area contributed by atoms with E-state index in [0.717, 1.165) is 21.4 Å². The Morgan fingerprint density at radius 2 is 0.948 bits per heavy atom. The summed E-state index contributed by atoms with van der Waals surface area (Å²) in [5, 5.41) is 5.62. The fourth-order valence-electron chi connectivity index (χ4n) is 8.98. The molecule has 0 unspecified atom stereocenters. The zero-order valence-corrected chi connectivity index (χ0v) is 41.8. The average Bonchev–Trinajstić information content (AvgIpc) is 4.04. The molecule has 2 aliphatic rings. The van der Waals surface area contributed by atoms with Gasteiger partial charge in [0.15, 0.2) is 0 Å². The molecule has 0 spiro atoms. The van der Waals surface area contributed by atoms with Gasteiger partial charge in [0.2, 0.25) is 0 Å². The van der Waals surface area contributed by atoms with Gasteiger partial charge in [-0.2, -0.15) is 12.1 Å². The van der Waals surface area contributed by atoms with Gasteiger partial charge < -0.3 is 0 Å². The van der Waals surface area contributed by atoms with Gasteiger partial charge in [0.1, 0.15) is 0 Å². The van der Waals surface area contributed by atoms with Gasteiger partial charge in [-0.15, -0.1) is 69.1 Å². The van der Waals surface area contributed by atoms with Crippen molar-refractivity contribution in [3.05, 3.63) is 131 Å². The number of rotatable bonds is 8. The third kappa shape index (κ3) is 13.4. The van der Waals surface area contributed by atoms with Crippen molar-refractivity contribution in [3.8, 4) is 22.3 Å². The second kappa shape index (κ2) is 22.6. The van der Waals surface area contributed by atoms with Gasteiger partial charge in [-0.05, 0) is 57.8 Å². The summed E-state index contributed by atoms with van der Waals surface area (Å²) >= 11 is -0.826. The molecule has 58 heavy (non-hydrogen) atoms. The van der Waals surface area contributed by atoms with Crippen LogP contribution in [0.1, 0.15) is 129 Å². The van der Waals surface area contributed by atoms with Gasteiger partial charge in [0, 0.05) is 9.52 Å². The molecule has 2 saturated carbocycles. The summed E-state index contributed by atoms with van der Waals surface area (Å²) in [6, 6.07) is 42.9. The van der Waals surface area contributed by atoms with E-state index in [4.69, 9.17) is 17.0 Å². The maximum absolute atomic E-state index is 4.93. The van der Waals surface area contributed by atoms with E-state index in [1.54, 1.807) is 0 Å². The van der Waals surface area contributed by atoms with Crippen molar-refractivity contribution in [2.24, 2.45) is 11.8 Å². The summed E-state index contributed by atoms with van der Waals surface area (Å²) in [4.78, 5) is 0. The molecule has 0 aromatic heterocycles. The molecule has 6 aromatic carbocycles. The molecule has 0 atom stereocenters. The van der Waals surface area contributed by atoms with Crippen LogP contribution in [0, 0.1) is 11.8 Å². The van der Waals surface area contributed by atoms with Crippen LogP contribution in [0.5, 0.6) is 0 Å². The van der Waals surface area contributed by atoms with Crippen molar-refractivity contribution in [2.75, 3.05) is 0 Å². The summed E-state index contributed by atoms with van der Waals surface area (Å²) in [6.45, 7) is 18.1. The minimum absolute atomic E-state index is 0.208. The van der Waals surface area contributed by atoms with Crippen molar-refractivity contribution in [1.82, 2.24) is 0 Å². The predicted molar refractivity (Wildman–Crippen MR) is 257 cm³/mol. The molecule has 0 heterocycles.